The molecule has 1 saturated heterocycles. The van der Waals surface area contributed by atoms with E-state index >= 15 is 0 Å². The van der Waals surface area contributed by atoms with Gasteiger partial charge in [0, 0.05) is 18.7 Å². The molecule has 2 atom stereocenters. The van der Waals surface area contributed by atoms with Crippen molar-refractivity contribution in [2.75, 3.05) is 26.0 Å². The third-order valence-corrected chi connectivity index (χ3v) is 6.95. The van der Waals surface area contributed by atoms with Crippen molar-refractivity contribution in [2.24, 2.45) is 0 Å². The lowest BCUT2D eigenvalue weighted by Crippen LogP contribution is -2.53. The summed E-state index contributed by atoms with van der Waals surface area (Å²) in [6.45, 7) is 2.74. The van der Waals surface area contributed by atoms with Crippen LogP contribution in [0.3, 0.4) is 0 Å². The number of anilines is 2. The minimum absolute atomic E-state index is 0.112. The molecule has 0 unspecified atom stereocenters. The Labute approximate surface area is 227 Å². The minimum Gasteiger partial charge on any atom is -0.478 e. The van der Waals surface area contributed by atoms with Crippen molar-refractivity contribution in [2.45, 2.75) is 38.6 Å². The number of nitrogens with one attached hydrogen (secondary N) is 1. The van der Waals surface area contributed by atoms with E-state index in [1.807, 2.05) is 68.4 Å². The van der Waals surface area contributed by atoms with Crippen LogP contribution in [0.25, 0.3) is 11.1 Å². The molecule has 4 aromatic rings. The van der Waals surface area contributed by atoms with E-state index in [-0.39, 0.29) is 23.8 Å². The first-order valence-corrected chi connectivity index (χ1v) is 13.0. The van der Waals surface area contributed by atoms with Gasteiger partial charge in [-0.1, -0.05) is 24.3 Å². The molecule has 2 N–H and O–H groups in total. The summed E-state index contributed by atoms with van der Waals surface area (Å²) < 4.78 is 12.2. The predicted molar refractivity (Wildman–Crippen MR) is 148 cm³/mol. The molecule has 0 bridgehead atoms. The van der Waals surface area contributed by atoms with Crippen molar-refractivity contribution in [3.63, 3.8) is 0 Å². The monoisotopic (exact) mass is 528 g/mol. The maximum absolute atomic E-state index is 13.5. The van der Waals surface area contributed by atoms with Gasteiger partial charge < -0.3 is 19.6 Å². The van der Waals surface area contributed by atoms with Crippen molar-refractivity contribution in [1.82, 2.24) is 14.8 Å². The van der Waals surface area contributed by atoms with E-state index in [9.17, 15) is 9.59 Å². The van der Waals surface area contributed by atoms with Gasteiger partial charge >= 0.3 is 5.97 Å². The molecule has 0 saturated carbocycles. The van der Waals surface area contributed by atoms with Gasteiger partial charge in [0.05, 0.1) is 11.6 Å². The van der Waals surface area contributed by atoms with Crippen LogP contribution in [0.2, 0.25) is 0 Å². The average molecular weight is 529 g/mol. The van der Waals surface area contributed by atoms with Gasteiger partial charge in [-0.25, -0.2) is 9.69 Å². The van der Waals surface area contributed by atoms with Gasteiger partial charge in [0.15, 0.2) is 11.4 Å². The Morgan fingerprint density at radius 2 is 1.92 bits per heavy atom. The van der Waals surface area contributed by atoms with Crippen molar-refractivity contribution in [3.05, 3.63) is 83.4 Å². The number of aryl methyl sites for hydroxylation is 1. The number of nitrogens with zero attached hydrogens (tertiary/aromatic N) is 3. The van der Waals surface area contributed by atoms with Gasteiger partial charge in [-0.3, -0.25) is 9.69 Å². The molecule has 1 aromatic heterocycles. The number of benzene rings is 3. The summed E-state index contributed by atoms with van der Waals surface area (Å²) >= 11 is 0. The second-order valence-electron chi connectivity index (χ2n) is 10.0. The zero-order valence-corrected chi connectivity index (χ0v) is 22.3. The number of aromatic nitrogens is 1. The summed E-state index contributed by atoms with van der Waals surface area (Å²) in [7, 11) is 3.80. The molecule has 0 amide bonds. The Balaban J connectivity index is 1.28. The molecule has 2 heterocycles. The highest BCUT2D eigenvalue weighted by molar-refractivity contribution is 5.88. The molecule has 1 aliphatic rings. The number of fused-ring (bicyclic) bond motifs is 1. The van der Waals surface area contributed by atoms with Gasteiger partial charge in [-0.05, 0) is 87.5 Å². The van der Waals surface area contributed by atoms with Crippen LogP contribution >= 0.6 is 0 Å². The van der Waals surface area contributed by atoms with Crippen molar-refractivity contribution >= 4 is 34.6 Å². The summed E-state index contributed by atoms with van der Waals surface area (Å²) in [5, 5.41) is 12.4. The summed E-state index contributed by atoms with van der Waals surface area (Å²) in [5.74, 6) is -0.331. The molecular weight excluding hydrogens is 496 g/mol. The molecule has 9 heteroatoms. The van der Waals surface area contributed by atoms with Crippen LogP contribution in [0.4, 0.5) is 11.7 Å². The second-order valence-corrected chi connectivity index (χ2v) is 10.0. The van der Waals surface area contributed by atoms with E-state index in [0.717, 1.165) is 41.7 Å². The number of ether oxygens (including phenoxy) is 1. The van der Waals surface area contributed by atoms with E-state index in [1.54, 1.807) is 12.1 Å². The van der Waals surface area contributed by atoms with Gasteiger partial charge in [0.1, 0.15) is 11.3 Å². The molecule has 0 aliphatic carbocycles. The van der Waals surface area contributed by atoms with Gasteiger partial charge in [-0.15, -0.1) is 0 Å². The van der Waals surface area contributed by atoms with Crippen LogP contribution in [-0.4, -0.2) is 64.7 Å². The van der Waals surface area contributed by atoms with E-state index in [0.29, 0.717) is 17.3 Å². The highest BCUT2D eigenvalue weighted by atomic mass is 16.5. The number of rotatable bonds is 10. The molecule has 0 spiro atoms. The maximum atomic E-state index is 13.5. The van der Waals surface area contributed by atoms with E-state index in [4.69, 9.17) is 14.3 Å². The number of carbonyl (C=O) groups excluding carboxylic acids is 1. The Morgan fingerprint density at radius 3 is 2.64 bits per heavy atom. The Hall–Kier alpha value is -4.21. The number of aromatic carboxylic acids is 1. The number of hydrogen-bond donors (Lipinski definition) is 2. The maximum Gasteiger partial charge on any atom is 0.335 e. The number of para-hydroxylation sites is 1. The van der Waals surface area contributed by atoms with E-state index in [2.05, 4.69) is 15.2 Å². The third-order valence-electron chi connectivity index (χ3n) is 6.95. The number of hydrogen-bond acceptors (Lipinski definition) is 8. The fourth-order valence-electron chi connectivity index (χ4n) is 4.95. The topological polar surface area (TPSA) is 108 Å². The Kier molecular flexibility index (Phi) is 7.63. The highest BCUT2D eigenvalue weighted by Crippen LogP contribution is 2.28. The largest absolute Gasteiger partial charge is 0.478 e. The van der Waals surface area contributed by atoms with Crippen LogP contribution in [0.15, 0.2) is 71.1 Å². The zero-order chi connectivity index (χ0) is 27.5. The Morgan fingerprint density at radius 1 is 1.15 bits per heavy atom. The predicted octanol–water partition coefficient (Wildman–Crippen LogP) is 5.08. The number of oxazole rings is 1. The Bertz CT molecular complexity index is 1480. The smallest absolute Gasteiger partial charge is 0.335 e. The first kappa shape index (κ1) is 26.4. The van der Waals surface area contributed by atoms with Crippen LogP contribution < -0.4 is 10.1 Å². The lowest BCUT2D eigenvalue weighted by atomic mass is 10.0. The van der Waals surface area contributed by atoms with Gasteiger partial charge in [-0.2, -0.15) is 4.98 Å². The number of carboxylic acid groups (broad SMARTS) is 1. The molecule has 9 nitrogen and oxygen atoms in total. The number of likely N-dealkylation sites (tertiary alicyclic amines) is 1. The summed E-state index contributed by atoms with van der Waals surface area (Å²) in [6.07, 6.45) is 1.44. The molecule has 3 aromatic carbocycles. The quantitative estimate of drug-likeness (QED) is 0.273. The zero-order valence-electron chi connectivity index (χ0n) is 22.3. The molecule has 1 fully saturated rings. The molecular formula is C30H32N4O5. The third kappa shape index (κ3) is 5.94. The molecule has 0 radical (unpaired) electrons. The number of Topliss-reactive ketones (excluding diaryl/α,β-unsaturated/α-hetero) is 1. The van der Waals surface area contributed by atoms with Crippen molar-refractivity contribution < 1.29 is 23.8 Å². The highest BCUT2D eigenvalue weighted by Gasteiger charge is 2.37. The fraction of sp³-hybridized carbons (Fsp3) is 0.300. The SMILES string of the molecule is Cc1ccccc1Nc1nc2ccc(CC(=O)[C@@H]3CCCN3[C@@H](Oc3ccc(C(=O)O)cc3)N(C)C)cc2o1. The van der Waals surface area contributed by atoms with Crippen LogP contribution in [0.1, 0.15) is 34.3 Å². The van der Waals surface area contributed by atoms with Crippen LogP contribution in [0, 0.1) is 6.92 Å². The lowest BCUT2D eigenvalue weighted by molar-refractivity contribution is -0.131. The van der Waals surface area contributed by atoms with E-state index in [1.165, 1.54) is 12.1 Å². The summed E-state index contributed by atoms with van der Waals surface area (Å²) in [5.41, 5.74) is 4.42. The number of carbonyl (C=O) groups is 2. The summed E-state index contributed by atoms with van der Waals surface area (Å²) in [4.78, 5) is 33.2. The molecule has 1 aliphatic heterocycles. The minimum atomic E-state index is -0.988. The van der Waals surface area contributed by atoms with Crippen molar-refractivity contribution in [1.29, 1.82) is 0 Å². The normalized spacial score (nSPS) is 16.5. The molecule has 39 heavy (non-hydrogen) atoms. The van der Waals surface area contributed by atoms with Crippen LogP contribution in [-0.2, 0) is 11.2 Å². The average Bonchev–Trinajstić information content (AvgIpc) is 3.55. The second kappa shape index (κ2) is 11.3. The summed E-state index contributed by atoms with van der Waals surface area (Å²) in [6, 6.07) is 20.0. The lowest BCUT2D eigenvalue weighted by Gasteiger charge is -2.36. The van der Waals surface area contributed by atoms with Crippen molar-refractivity contribution in [3.8, 4) is 5.75 Å². The number of ketones is 1. The van der Waals surface area contributed by atoms with E-state index < -0.39 is 12.3 Å². The first-order valence-electron chi connectivity index (χ1n) is 13.0. The first-order chi connectivity index (χ1) is 18.8. The van der Waals surface area contributed by atoms with Gasteiger partial charge in [0.25, 0.3) is 6.01 Å². The fourth-order valence-corrected chi connectivity index (χ4v) is 4.95. The molecule has 5 rings (SSSR count). The number of carboxylic acids is 1. The van der Waals surface area contributed by atoms with Crippen LogP contribution in [0.5, 0.6) is 5.75 Å². The molecule has 202 valence electrons. The van der Waals surface area contributed by atoms with Gasteiger partial charge in [0.2, 0.25) is 6.35 Å². The standard InChI is InChI=1S/C30H32N4O5/c1-19-7-4-5-8-23(19)31-29-32-24-15-10-20(18-27(24)39-29)17-26(35)25-9-6-16-34(25)30(33(2)3)38-22-13-11-21(12-14-22)28(36)37/h4-5,7-8,10-15,18,25,30H,6,9,16-17H2,1-3H3,(H,31,32)(H,36,37)/t25-,30-/m0/s1.